The molecule has 2 atom stereocenters. The van der Waals surface area contributed by atoms with Gasteiger partial charge in [-0.1, -0.05) is 0 Å². The molecule has 2 unspecified atom stereocenters. The van der Waals surface area contributed by atoms with E-state index in [1.807, 2.05) is 46.4 Å². The lowest BCUT2D eigenvalue weighted by atomic mass is 10.0. The van der Waals surface area contributed by atoms with Crippen molar-refractivity contribution < 1.29 is 19.4 Å². The van der Waals surface area contributed by atoms with Gasteiger partial charge in [0.15, 0.2) is 0 Å². The van der Waals surface area contributed by atoms with Crippen LogP contribution in [-0.2, 0) is 14.3 Å². The number of hydrogen-bond acceptors (Lipinski definition) is 5. The highest BCUT2D eigenvalue weighted by atomic mass is 16.6. The maximum atomic E-state index is 12.1. The SMILES string of the molecule is CC(C(=O)OC(C)(C)C)N1CC(CO)OC(C)(C)C1. The van der Waals surface area contributed by atoms with Crippen molar-refractivity contribution in [2.24, 2.45) is 0 Å². The minimum absolute atomic E-state index is 0.0407. The Morgan fingerprint density at radius 3 is 2.58 bits per heavy atom. The Kier molecular flexibility index (Phi) is 4.98. The first-order valence-electron chi connectivity index (χ1n) is 6.80. The van der Waals surface area contributed by atoms with Crippen LogP contribution in [0.3, 0.4) is 0 Å². The van der Waals surface area contributed by atoms with E-state index in [9.17, 15) is 9.90 Å². The van der Waals surface area contributed by atoms with E-state index in [-0.39, 0.29) is 30.3 Å². The van der Waals surface area contributed by atoms with Crippen LogP contribution in [0.25, 0.3) is 0 Å². The van der Waals surface area contributed by atoms with E-state index in [1.165, 1.54) is 0 Å². The Balaban J connectivity index is 2.70. The van der Waals surface area contributed by atoms with Crippen LogP contribution in [0.2, 0.25) is 0 Å². The van der Waals surface area contributed by atoms with E-state index in [0.29, 0.717) is 13.1 Å². The second-order valence-electron chi connectivity index (χ2n) is 6.82. The Hall–Kier alpha value is -0.650. The summed E-state index contributed by atoms with van der Waals surface area (Å²) in [5, 5.41) is 9.28. The molecule has 1 aliphatic rings. The topological polar surface area (TPSA) is 59.0 Å². The second kappa shape index (κ2) is 5.77. The molecule has 19 heavy (non-hydrogen) atoms. The summed E-state index contributed by atoms with van der Waals surface area (Å²) in [6.07, 6.45) is -0.256. The summed E-state index contributed by atoms with van der Waals surface area (Å²) in [6.45, 7) is 12.5. The lowest BCUT2D eigenvalue weighted by Crippen LogP contribution is -2.58. The number of aliphatic hydroxyl groups excluding tert-OH is 1. The Morgan fingerprint density at radius 2 is 2.11 bits per heavy atom. The molecular weight excluding hydrogens is 246 g/mol. The van der Waals surface area contributed by atoms with Crippen LogP contribution in [-0.4, -0.2) is 59.0 Å². The summed E-state index contributed by atoms with van der Waals surface area (Å²) >= 11 is 0. The zero-order valence-corrected chi connectivity index (χ0v) is 12.9. The number of carbonyl (C=O) groups is 1. The smallest absolute Gasteiger partial charge is 0.323 e. The molecular formula is C14H27NO4. The van der Waals surface area contributed by atoms with Crippen molar-refractivity contribution in [3.8, 4) is 0 Å². The average molecular weight is 273 g/mol. The maximum Gasteiger partial charge on any atom is 0.323 e. The van der Waals surface area contributed by atoms with E-state index in [2.05, 4.69) is 0 Å². The van der Waals surface area contributed by atoms with Gasteiger partial charge in [0, 0.05) is 13.1 Å². The zero-order valence-electron chi connectivity index (χ0n) is 12.9. The normalized spacial score (nSPS) is 25.9. The zero-order chi connectivity index (χ0) is 14.8. The summed E-state index contributed by atoms with van der Waals surface area (Å²) in [5.74, 6) is -0.234. The fourth-order valence-electron chi connectivity index (χ4n) is 2.27. The molecule has 1 N–H and O–H groups in total. The van der Waals surface area contributed by atoms with Gasteiger partial charge >= 0.3 is 5.97 Å². The highest BCUT2D eigenvalue weighted by Gasteiger charge is 2.38. The van der Waals surface area contributed by atoms with Gasteiger partial charge in [-0.2, -0.15) is 0 Å². The van der Waals surface area contributed by atoms with Crippen LogP contribution < -0.4 is 0 Å². The first kappa shape index (κ1) is 16.4. The molecule has 5 heteroatoms. The van der Waals surface area contributed by atoms with E-state index >= 15 is 0 Å². The average Bonchev–Trinajstić information content (AvgIpc) is 2.23. The van der Waals surface area contributed by atoms with Crippen LogP contribution in [0.4, 0.5) is 0 Å². The molecule has 1 heterocycles. The number of nitrogens with zero attached hydrogens (tertiary/aromatic N) is 1. The van der Waals surface area contributed by atoms with Crippen LogP contribution >= 0.6 is 0 Å². The molecule has 0 aromatic heterocycles. The minimum Gasteiger partial charge on any atom is -0.459 e. The van der Waals surface area contributed by atoms with Crippen molar-refractivity contribution >= 4 is 5.97 Å². The van der Waals surface area contributed by atoms with Crippen molar-refractivity contribution in [3.05, 3.63) is 0 Å². The number of rotatable bonds is 3. The second-order valence-corrected chi connectivity index (χ2v) is 6.82. The number of hydrogen-bond donors (Lipinski definition) is 1. The van der Waals surface area contributed by atoms with Gasteiger partial charge in [-0.05, 0) is 41.5 Å². The lowest BCUT2D eigenvalue weighted by molar-refractivity contribution is -0.177. The molecule has 1 aliphatic heterocycles. The number of aliphatic hydroxyl groups is 1. The molecule has 0 saturated carbocycles. The Labute approximate surface area is 115 Å². The molecule has 1 fully saturated rings. The summed E-state index contributed by atoms with van der Waals surface area (Å²) in [6, 6.07) is -0.337. The molecule has 1 rings (SSSR count). The first-order valence-corrected chi connectivity index (χ1v) is 6.80. The monoisotopic (exact) mass is 273 g/mol. The highest BCUT2D eigenvalue weighted by molar-refractivity contribution is 5.75. The van der Waals surface area contributed by atoms with Crippen molar-refractivity contribution in [2.45, 2.75) is 64.9 Å². The number of morpholine rings is 1. The van der Waals surface area contributed by atoms with Gasteiger partial charge in [0.05, 0.1) is 18.3 Å². The van der Waals surface area contributed by atoms with Crippen LogP contribution in [0.5, 0.6) is 0 Å². The van der Waals surface area contributed by atoms with Crippen LogP contribution in [0, 0.1) is 0 Å². The molecule has 0 spiro atoms. The predicted molar refractivity (Wildman–Crippen MR) is 72.9 cm³/mol. The van der Waals surface area contributed by atoms with E-state index in [4.69, 9.17) is 9.47 Å². The summed E-state index contributed by atoms with van der Waals surface area (Å²) < 4.78 is 11.1. The summed E-state index contributed by atoms with van der Waals surface area (Å²) in [5.41, 5.74) is -0.856. The number of carbonyl (C=O) groups excluding carboxylic acids is 1. The number of esters is 1. The van der Waals surface area contributed by atoms with Gasteiger partial charge < -0.3 is 14.6 Å². The Bertz CT molecular complexity index is 322. The first-order chi connectivity index (χ1) is 8.54. The Morgan fingerprint density at radius 1 is 1.53 bits per heavy atom. The van der Waals surface area contributed by atoms with Crippen molar-refractivity contribution in [1.82, 2.24) is 4.90 Å². The molecule has 0 radical (unpaired) electrons. The molecule has 0 aromatic rings. The third-order valence-electron chi connectivity index (χ3n) is 3.01. The molecule has 5 nitrogen and oxygen atoms in total. The van der Waals surface area contributed by atoms with Crippen LogP contribution in [0.15, 0.2) is 0 Å². The van der Waals surface area contributed by atoms with Crippen molar-refractivity contribution in [2.75, 3.05) is 19.7 Å². The summed E-state index contributed by atoms with van der Waals surface area (Å²) in [4.78, 5) is 14.1. The van der Waals surface area contributed by atoms with Gasteiger partial charge in [0.1, 0.15) is 11.6 Å². The molecule has 0 aliphatic carbocycles. The number of ether oxygens (including phenoxy) is 2. The van der Waals surface area contributed by atoms with Gasteiger partial charge in [-0.3, -0.25) is 9.69 Å². The van der Waals surface area contributed by atoms with E-state index in [0.717, 1.165) is 0 Å². The van der Waals surface area contributed by atoms with Crippen molar-refractivity contribution in [3.63, 3.8) is 0 Å². The van der Waals surface area contributed by atoms with Crippen molar-refractivity contribution in [1.29, 1.82) is 0 Å². The van der Waals surface area contributed by atoms with Gasteiger partial charge in [0.25, 0.3) is 0 Å². The standard InChI is InChI=1S/C14H27NO4/c1-10(12(17)19-13(2,3)4)15-7-11(8-16)18-14(5,6)9-15/h10-11,16H,7-9H2,1-6H3. The van der Waals surface area contributed by atoms with Gasteiger partial charge in [-0.15, -0.1) is 0 Å². The van der Waals surface area contributed by atoms with Crippen LogP contribution in [0.1, 0.15) is 41.5 Å². The van der Waals surface area contributed by atoms with E-state index < -0.39 is 5.60 Å². The third kappa shape index (κ3) is 5.09. The highest BCUT2D eigenvalue weighted by Crippen LogP contribution is 2.23. The third-order valence-corrected chi connectivity index (χ3v) is 3.01. The molecule has 0 amide bonds. The quantitative estimate of drug-likeness (QED) is 0.783. The lowest BCUT2D eigenvalue weighted by Gasteiger charge is -2.44. The largest absolute Gasteiger partial charge is 0.459 e. The van der Waals surface area contributed by atoms with Gasteiger partial charge in [0.2, 0.25) is 0 Å². The minimum atomic E-state index is -0.483. The fraction of sp³-hybridized carbons (Fsp3) is 0.929. The predicted octanol–water partition coefficient (Wildman–Crippen LogP) is 1.19. The van der Waals surface area contributed by atoms with Gasteiger partial charge in [-0.25, -0.2) is 0 Å². The van der Waals surface area contributed by atoms with E-state index in [1.54, 1.807) is 0 Å². The molecule has 0 aromatic carbocycles. The molecule has 0 bridgehead atoms. The summed E-state index contributed by atoms with van der Waals surface area (Å²) in [7, 11) is 0. The molecule has 1 saturated heterocycles. The molecule has 112 valence electrons. The maximum absolute atomic E-state index is 12.1. The fourth-order valence-corrected chi connectivity index (χ4v) is 2.27.